The molecule has 0 fully saturated rings. The molecule has 130 valence electrons. The maximum atomic E-state index is 5.96. The van der Waals surface area contributed by atoms with Crippen LogP contribution in [0.1, 0.15) is 16.7 Å². The Morgan fingerprint density at radius 1 is 0.962 bits per heavy atom. The molecule has 0 aliphatic carbocycles. The number of hydrogen-bond donors (Lipinski definition) is 0. The Kier molecular flexibility index (Phi) is 4.39. The number of hydrogen-bond acceptors (Lipinski definition) is 2. The van der Waals surface area contributed by atoms with Gasteiger partial charge < -0.3 is 9.14 Å². The summed E-state index contributed by atoms with van der Waals surface area (Å²) in [7, 11) is 0. The number of pyridine rings is 1. The van der Waals surface area contributed by atoms with Crippen molar-refractivity contribution in [3.8, 4) is 17.0 Å². The van der Waals surface area contributed by atoms with Crippen molar-refractivity contribution in [1.82, 2.24) is 9.38 Å². The molecule has 4 heteroatoms. The molecule has 0 unspecified atom stereocenters. The number of halogens is 1. The molecule has 4 rings (SSSR count). The molecule has 2 aromatic heterocycles. The van der Waals surface area contributed by atoms with Crippen molar-refractivity contribution in [3.63, 3.8) is 0 Å². The summed E-state index contributed by atoms with van der Waals surface area (Å²) in [6, 6.07) is 18.0. The van der Waals surface area contributed by atoms with Gasteiger partial charge in [-0.3, -0.25) is 0 Å². The lowest BCUT2D eigenvalue weighted by Crippen LogP contribution is -1.97. The van der Waals surface area contributed by atoms with E-state index in [4.69, 9.17) is 21.3 Å². The fraction of sp³-hybridized carbons (Fsp3) is 0.136. The zero-order valence-corrected chi connectivity index (χ0v) is 15.5. The first-order valence-corrected chi connectivity index (χ1v) is 8.90. The van der Waals surface area contributed by atoms with E-state index in [1.54, 1.807) is 0 Å². The van der Waals surface area contributed by atoms with E-state index >= 15 is 0 Å². The Hall–Kier alpha value is -2.78. The van der Waals surface area contributed by atoms with Crippen LogP contribution < -0.4 is 4.74 Å². The molecule has 0 atom stereocenters. The van der Waals surface area contributed by atoms with E-state index in [0.717, 1.165) is 38.8 Å². The third-order valence-electron chi connectivity index (χ3n) is 4.38. The minimum absolute atomic E-state index is 0.519. The van der Waals surface area contributed by atoms with Crippen LogP contribution in [0.4, 0.5) is 0 Å². The topological polar surface area (TPSA) is 26.5 Å². The Balaban J connectivity index is 1.55. The normalized spacial score (nSPS) is 11.0. The molecule has 0 radical (unpaired) electrons. The zero-order chi connectivity index (χ0) is 18.1. The van der Waals surface area contributed by atoms with Crippen molar-refractivity contribution in [2.75, 3.05) is 0 Å². The van der Waals surface area contributed by atoms with Crippen LogP contribution in [-0.2, 0) is 6.61 Å². The molecule has 0 aliphatic rings. The molecular formula is C22H19ClN2O. The van der Waals surface area contributed by atoms with Crippen LogP contribution in [0.25, 0.3) is 16.9 Å². The molecule has 0 amide bonds. The molecule has 2 heterocycles. The molecular weight excluding hydrogens is 344 g/mol. The van der Waals surface area contributed by atoms with Gasteiger partial charge in [-0.25, -0.2) is 4.98 Å². The van der Waals surface area contributed by atoms with Crippen LogP contribution in [0, 0.1) is 13.8 Å². The maximum absolute atomic E-state index is 5.96. The second kappa shape index (κ2) is 6.85. The number of imidazole rings is 1. The Morgan fingerprint density at radius 3 is 2.54 bits per heavy atom. The number of benzene rings is 2. The summed E-state index contributed by atoms with van der Waals surface area (Å²) in [6.45, 7) is 4.65. The molecule has 26 heavy (non-hydrogen) atoms. The molecule has 4 aromatic rings. The average Bonchev–Trinajstić information content (AvgIpc) is 3.05. The van der Waals surface area contributed by atoms with Crippen molar-refractivity contribution >= 4 is 17.2 Å². The highest BCUT2D eigenvalue weighted by molar-refractivity contribution is 6.30. The van der Waals surface area contributed by atoms with E-state index in [1.807, 2.05) is 36.4 Å². The Bertz CT molecular complexity index is 1070. The van der Waals surface area contributed by atoms with E-state index in [9.17, 15) is 0 Å². The van der Waals surface area contributed by atoms with Gasteiger partial charge in [-0.05, 0) is 66.9 Å². The second-order valence-electron chi connectivity index (χ2n) is 6.49. The Labute approximate surface area is 157 Å². The van der Waals surface area contributed by atoms with Crippen LogP contribution in [0.2, 0.25) is 5.02 Å². The first kappa shape index (κ1) is 16.7. The predicted octanol–water partition coefficient (Wildman–Crippen LogP) is 5.85. The van der Waals surface area contributed by atoms with E-state index in [0.29, 0.717) is 6.61 Å². The third-order valence-corrected chi connectivity index (χ3v) is 4.63. The number of aromatic nitrogens is 2. The van der Waals surface area contributed by atoms with Crippen molar-refractivity contribution in [3.05, 3.63) is 88.7 Å². The summed E-state index contributed by atoms with van der Waals surface area (Å²) in [5.74, 6) is 0.878. The van der Waals surface area contributed by atoms with Gasteiger partial charge >= 0.3 is 0 Å². The molecule has 0 spiro atoms. The lowest BCUT2D eigenvalue weighted by Gasteiger charge is -2.10. The van der Waals surface area contributed by atoms with Gasteiger partial charge in [-0.15, -0.1) is 0 Å². The summed E-state index contributed by atoms with van der Waals surface area (Å²) in [5.41, 5.74) is 6.39. The number of rotatable bonds is 4. The highest BCUT2D eigenvalue weighted by Gasteiger charge is 2.08. The summed E-state index contributed by atoms with van der Waals surface area (Å²) < 4.78 is 8.02. The summed E-state index contributed by atoms with van der Waals surface area (Å²) >= 11 is 5.92. The van der Waals surface area contributed by atoms with Crippen LogP contribution in [0.5, 0.6) is 5.75 Å². The minimum atomic E-state index is 0.519. The van der Waals surface area contributed by atoms with Crippen LogP contribution in [0.3, 0.4) is 0 Å². The van der Waals surface area contributed by atoms with Gasteiger partial charge in [0, 0.05) is 23.0 Å². The standard InChI is InChI=1S/C22H19ClN2O/c1-15-3-10-22-24-20(13-25(22)12-15)18-6-9-21(16(2)11-18)26-14-17-4-7-19(23)8-5-17/h3-13H,14H2,1-2H3. The minimum Gasteiger partial charge on any atom is -0.489 e. The van der Waals surface area contributed by atoms with E-state index < -0.39 is 0 Å². The highest BCUT2D eigenvalue weighted by Crippen LogP contribution is 2.27. The molecule has 0 N–H and O–H groups in total. The van der Waals surface area contributed by atoms with E-state index in [2.05, 4.69) is 48.8 Å². The fourth-order valence-electron chi connectivity index (χ4n) is 2.95. The Morgan fingerprint density at radius 2 is 1.77 bits per heavy atom. The van der Waals surface area contributed by atoms with Crippen molar-refractivity contribution in [2.24, 2.45) is 0 Å². The van der Waals surface area contributed by atoms with Crippen molar-refractivity contribution in [1.29, 1.82) is 0 Å². The van der Waals surface area contributed by atoms with Crippen LogP contribution in [0.15, 0.2) is 67.0 Å². The quantitative estimate of drug-likeness (QED) is 0.455. The summed E-state index contributed by atoms with van der Waals surface area (Å²) in [5, 5.41) is 0.733. The average molecular weight is 363 g/mol. The zero-order valence-electron chi connectivity index (χ0n) is 14.7. The molecule has 0 saturated heterocycles. The number of nitrogens with zero attached hydrogens (tertiary/aromatic N) is 2. The van der Waals surface area contributed by atoms with Crippen LogP contribution in [-0.4, -0.2) is 9.38 Å². The van der Waals surface area contributed by atoms with Gasteiger partial charge in [0.1, 0.15) is 18.0 Å². The SMILES string of the molecule is Cc1ccc2nc(-c3ccc(OCc4ccc(Cl)cc4)c(C)c3)cn2c1. The first-order chi connectivity index (χ1) is 12.6. The lowest BCUT2D eigenvalue weighted by atomic mass is 10.1. The molecule has 3 nitrogen and oxygen atoms in total. The number of fused-ring (bicyclic) bond motifs is 1. The van der Waals surface area contributed by atoms with Gasteiger partial charge in [0.25, 0.3) is 0 Å². The molecule has 0 saturated carbocycles. The summed E-state index contributed by atoms with van der Waals surface area (Å²) in [6.07, 6.45) is 4.15. The lowest BCUT2D eigenvalue weighted by molar-refractivity contribution is 0.304. The first-order valence-electron chi connectivity index (χ1n) is 8.52. The largest absolute Gasteiger partial charge is 0.489 e. The molecule has 2 aromatic carbocycles. The van der Waals surface area contributed by atoms with Gasteiger partial charge in [0.05, 0.1) is 5.69 Å². The van der Waals surface area contributed by atoms with Crippen LogP contribution >= 0.6 is 11.6 Å². The highest BCUT2D eigenvalue weighted by atomic mass is 35.5. The monoisotopic (exact) mass is 362 g/mol. The van der Waals surface area contributed by atoms with E-state index in [1.165, 1.54) is 5.56 Å². The summed E-state index contributed by atoms with van der Waals surface area (Å²) in [4.78, 5) is 4.71. The van der Waals surface area contributed by atoms with E-state index in [-0.39, 0.29) is 0 Å². The van der Waals surface area contributed by atoms with Crippen molar-refractivity contribution in [2.45, 2.75) is 20.5 Å². The third kappa shape index (κ3) is 3.44. The van der Waals surface area contributed by atoms with Gasteiger partial charge in [0.15, 0.2) is 0 Å². The predicted molar refractivity (Wildman–Crippen MR) is 106 cm³/mol. The van der Waals surface area contributed by atoms with Gasteiger partial charge in [-0.2, -0.15) is 0 Å². The molecule has 0 aliphatic heterocycles. The fourth-order valence-corrected chi connectivity index (χ4v) is 3.08. The molecule has 0 bridgehead atoms. The number of aryl methyl sites for hydroxylation is 2. The number of ether oxygens (including phenoxy) is 1. The van der Waals surface area contributed by atoms with Gasteiger partial charge in [0.2, 0.25) is 0 Å². The maximum Gasteiger partial charge on any atom is 0.137 e. The second-order valence-corrected chi connectivity index (χ2v) is 6.93. The van der Waals surface area contributed by atoms with Gasteiger partial charge in [-0.1, -0.05) is 29.8 Å². The smallest absolute Gasteiger partial charge is 0.137 e. The van der Waals surface area contributed by atoms with Crippen molar-refractivity contribution < 1.29 is 4.74 Å².